The highest BCUT2D eigenvalue weighted by Crippen LogP contribution is 2.51. The van der Waals surface area contributed by atoms with Gasteiger partial charge in [0.2, 0.25) is 0 Å². The molecule has 132 valence electrons. The minimum absolute atomic E-state index is 0.0837. The third-order valence-corrected chi connectivity index (χ3v) is 6.56. The number of benzene rings is 2. The monoisotopic (exact) mass is 345 g/mol. The standard InChI is InChI=1S/C22H23N3O/c1-22(2)17-9-10-25(20(22)12-14-5-3-4-6-16(14)17)21(26)15-7-8-18-19(11-15)24-13-23-18/h3-8,11,13,17,20H,9-10,12H2,1-2H3,(H,23,24). The van der Waals surface area contributed by atoms with Crippen LogP contribution in [0.3, 0.4) is 0 Å². The summed E-state index contributed by atoms with van der Waals surface area (Å²) in [6.07, 6.45) is 3.64. The Bertz CT molecular complexity index is 1000. The number of rotatable bonds is 1. The van der Waals surface area contributed by atoms with Crippen LogP contribution >= 0.6 is 0 Å². The minimum atomic E-state index is 0.0837. The Labute approximate surface area is 153 Å². The van der Waals surface area contributed by atoms with Crippen LogP contribution in [0.2, 0.25) is 0 Å². The number of hydrogen-bond donors (Lipinski definition) is 1. The van der Waals surface area contributed by atoms with E-state index in [4.69, 9.17) is 0 Å². The Kier molecular flexibility index (Phi) is 3.27. The highest BCUT2D eigenvalue weighted by Gasteiger charge is 2.49. The second-order valence-corrected chi connectivity index (χ2v) is 8.21. The molecule has 4 heteroatoms. The van der Waals surface area contributed by atoms with Crippen molar-refractivity contribution < 1.29 is 4.79 Å². The van der Waals surface area contributed by atoms with E-state index in [-0.39, 0.29) is 17.4 Å². The number of carbonyl (C=O) groups is 1. The lowest BCUT2D eigenvalue weighted by atomic mass is 9.59. The van der Waals surface area contributed by atoms with Crippen LogP contribution in [0.5, 0.6) is 0 Å². The van der Waals surface area contributed by atoms with E-state index in [2.05, 4.69) is 53.0 Å². The largest absolute Gasteiger partial charge is 0.345 e. The third-order valence-electron chi connectivity index (χ3n) is 6.56. The Morgan fingerprint density at radius 1 is 1.23 bits per heavy atom. The van der Waals surface area contributed by atoms with Crippen molar-refractivity contribution in [3.63, 3.8) is 0 Å². The van der Waals surface area contributed by atoms with Crippen LogP contribution in [0.15, 0.2) is 48.8 Å². The first kappa shape index (κ1) is 15.6. The minimum Gasteiger partial charge on any atom is -0.345 e. The van der Waals surface area contributed by atoms with E-state index in [0.717, 1.165) is 36.0 Å². The van der Waals surface area contributed by atoms with Gasteiger partial charge in [-0.1, -0.05) is 38.1 Å². The van der Waals surface area contributed by atoms with Crippen molar-refractivity contribution in [1.29, 1.82) is 0 Å². The zero-order chi connectivity index (χ0) is 17.9. The average Bonchev–Trinajstić information content (AvgIpc) is 3.09. The summed E-state index contributed by atoms with van der Waals surface area (Å²) in [7, 11) is 0. The summed E-state index contributed by atoms with van der Waals surface area (Å²) < 4.78 is 0. The zero-order valence-electron chi connectivity index (χ0n) is 15.2. The normalized spacial score (nSPS) is 23.7. The van der Waals surface area contributed by atoms with E-state index in [1.807, 2.05) is 18.2 Å². The van der Waals surface area contributed by atoms with Crippen LogP contribution in [0, 0.1) is 5.41 Å². The molecule has 1 fully saturated rings. The second kappa shape index (κ2) is 5.44. The fourth-order valence-corrected chi connectivity index (χ4v) is 5.11. The molecule has 2 bridgehead atoms. The number of aromatic nitrogens is 2. The highest BCUT2D eigenvalue weighted by atomic mass is 16.2. The Balaban J connectivity index is 1.53. The van der Waals surface area contributed by atoms with Gasteiger partial charge in [0.05, 0.1) is 17.4 Å². The van der Waals surface area contributed by atoms with Crippen LogP contribution in [0.25, 0.3) is 11.0 Å². The van der Waals surface area contributed by atoms with Gasteiger partial charge >= 0.3 is 0 Å². The predicted molar refractivity (Wildman–Crippen MR) is 102 cm³/mol. The maximum absolute atomic E-state index is 13.4. The number of amides is 1. The maximum atomic E-state index is 13.4. The molecule has 2 unspecified atom stereocenters. The maximum Gasteiger partial charge on any atom is 0.254 e. The molecule has 1 saturated heterocycles. The summed E-state index contributed by atoms with van der Waals surface area (Å²) in [5, 5.41) is 0. The van der Waals surface area contributed by atoms with Gasteiger partial charge in [0.25, 0.3) is 5.91 Å². The summed E-state index contributed by atoms with van der Waals surface area (Å²) in [5.41, 5.74) is 5.53. The Morgan fingerprint density at radius 3 is 2.96 bits per heavy atom. The molecule has 1 aromatic heterocycles. The topological polar surface area (TPSA) is 49.0 Å². The van der Waals surface area contributed by atoms with E-state index in [0.29, 0.717) is 5.92 Å². The van der Waals surface area contributed by atoms with Crippen LogP contribution in [-0.2, 0) is 6.42 Å². The first-order chi connectivity index (χ1) is 12.6. The van der Waals surface area contributed by atoms with E-state index in [9.17, 15) is 4.79 Å². The number of likely N-dealkylation sites (tertiary alicyclic amines) is 1. The van der Waals surface area contributed by atoms with Gasteiger partial charge in [-0.15, -0.1) is 0 Å². The molecule has 0 spiro atoms. The summed E-state index contributed by atoms with van der Waals surface area (Å²) in [4.78, 5) is 22.8. The fraction of sp³-hybridized carbons (Fsp3) is 0.364. The number of hydrogen-bond acceptors (Lipinski definition) is 2. The first-order valence-electron chi connectivity index (χ1n) is 9.37. The van der Waals surface area contributed by atoms with Crippen LogP contribution in [0.1, 0.15) is 47.7 Å². The quantitative estimate of drug-likeness (QED) is 0.720. The van der Waals surface area contributed by atoms with Crippen molar-refractivity contribution in [1.82, 2.24) is 14.9 Å². The van der Waals surface area contributed by atoms with Crippen molar-refractivity contribution in [2.45, 2.75) is 38.6 Å². The van der Waals surface area contributed by atoms with Crippen LogP contribution in [-0.4, -0.2) is 33.4 Å². The van der Waals surface area contributed by atoms with Crippen molar-refractivity contribution in [3.05, 3.63) is 65.5 Å². The Hall–Kier alpha value is -2.62. The molecule has 26 heavy (non-hydrogen) atoms. The van der Waals surface area contributed by atoms with Gasteiger partial charge in [0, 0.05) is 18.2 Å². The van der Waals surface area contributed by atoms with Crippen molar-refractivity contribution in [3.8, 4) is 0 Å². The summed E-state index contributed by atoms with van der Waals surface area (Å²) in [5.74, 6) is 0.661. The number of H-pyrrole nitrogens is 1. The lowest BCUT2D eigenvalue weighted by Crippen LogP contribution is -2.58. The number of imidazole rings is 1. The lowest BCUT2D eigenvalue weighted by molar-refractivity contribution is 0.0103. The van der Waals surface area contributed by atoms with Gasteiger partial charge in [0.15, 0.2) is 0 Å². The van der Waals surface area contributed by atoms with Gasteiger partial charge in [-0.25, -0.2) is 4.98 Å². The molecule has 5 rings (SSSR count). The number of piperidine rings is 1. The highest BCUT2D eigenvalue weighted by molar-refractivity contribution is 5.97. The number of nitrogens with zero attached hydrogens (tertiary/aromatic N) is 2. The van der Waals surface area contributed by atoms with Gasteiger partial charge in [-0.2, -0.15) is 0 Å². The van der Waals surface area contributed by atoms with E-state index in [1.54, 1.807) is 6.33 Å². The molecule has 1 aliphatic heterocycles. The summed E-state index contributed by atoms with van der Waals surface area (Å²) in [6.45, 7) is 5.48. The molecular formula is C22H23N3O. The third kappa shape index (κ3) is 2.14. The van der Waals surface area contributed by atoms with E-state index < -0.39 is 0 Å². The Morgan fingerprint density at radius 2 is 2.08 bits per heavy atom. The SMILES string of the molecule is CC1(C)C2CCN(C(=O)c3ccc4nc[nH]c4c3)C1Cc1ccccc12. The second-order valence-electron chi connectivity index (χ2n) is 8.21. The van der Waals surface area contributed by atoms with Crippen LogP contribution < -0.4 is 0 Å². The van der Waals surface area contributed by atoms with E-state index in [1.165, 1.54) is 11.1 Å². The molecular weight excluding hydrogens is 322 g/mol. The summed E-state index contributed by atoms with van der Waals surface area (Å²) in [6, 6.07) is 14.8. The van der Waals surface area contributed by atoms with Gasteiger partial charge in [-0.05, 0) is 53.5 Å². The molecule has 4 nitrogen and oxygen atoms in total. The van der Waals surface area contributed by atoms with Crippen molar-refractivity contribution >= 4 is 16.9 Å². The average molecular weight is 345 g/mol. The molecule has 2 heterocycles. The van der Waals surface area contributed by atoms with Crippen molar-refractivity contribution in [2.24, 2.45) is 5.41 Å². The van der Waals surface area contributed by atoms with E-state index >= 15 is 0 Å². The molecule has 2 aliphatic rings. The van der Waals surface area contributed by atoms with Gasteiger partial charge in [0.1, 0.15) is 0 Å². The summed E-state index contributed by atoms with van der Waals surface area (Å²) >= 11 is 0. The van der Waals surface area contributed by atoms with Crippen LogP contribution in [0.4, 0.5) is 0 Å². The smallest absolute Gasteiger partial charge is 0.254 e. The van der Waals surface area contributed by atoms with Gasteiger partial charge in [-0.3, -0.25) is 4.79 Å². The fourth-order valence-electron chi connectivity index (χ4n) is 5.11. The number of nitrogens with one attached hydrogen (secondary N) is 1. The molecule has 0 saturated carbocycles. The predicted octanol–water partition coefficient (Wildman–Crippen LogP) is 4.14. The molecule has 1 amide bonds. The first-order valence-corrected chi connectivity index (χ1v) is 9.37. The molecule has 1 aliphatic carbocycles. The molecule has 2 atom stereocenters. The molecule has 1 N–H and O–H groups in total. The number of fused-ring (bicyclic) bond motifs is 5. The molecule has 3 aromatic rings. The van der Waals surface area contributed by atoms with Gasteiger partial charge < -0.3 is 9.88 Å². The number of carbonyl (C=O) groups excluding carboxylic acids is 1. The van der Waals surface area contributed by atoms with Crippen molar-refractivity contribution in [2.75, 3.05) is 6.54 Å². The molecule has 2 aromatic carbocycles. The molecule has 0 radical (unpaired) electrons. The number of aromatic amines is 1. The lowest BCUT2D eigenvalue weighted by Gasteiger charge is -2.55. The zero-order valence-corrected chi connectivity index (χ0v) is 15.2.